The average molecular weight is 431 g/mol. The summed E-state index contributed by atoms with van der Waals surface area (Å²) < 4.78 is 2.44. The van der Waals surface area contributed by atoms with E-state index in [1.54, 1.807) is 0 Å². The molecular weight excluding hydrogens is 400 g/mol. The van der Waals surface area contributed by atoms with Crippen LogP contribution in [0.15, 0.2) is 60.8 Å². The highest BCUT2D eigenvalue weighted by atomic mass is 32.1. The van der Waals surface area contributed by atoms with E-state index in [-0.39, 0.29) is 12.1 Å². The van der Waals surface area contributed by atoms with Gasteiger partial charge in [-0.1, -0.05) is 49.2 Å². The quantitative estimate of drug-likeness (QED) is 0.545. The highest BCUT2D eigenvalue weighted by Crippen LogP contribution is 2.44. The van der Waals surface area contributed by atoms with Gasteiger partial charge < -0.3 is 14.8 Å². The Kier molecular flexibility index (Phi) is 5.53. The molecule has 0 radical (unpaired) electrons. The molecule has 0 amide bonds. The number of thiocarbonyl (C=S) groups is 1. The Morgan fingerprint density at radius 2 is 1.77 bits per heavy atom. The van der Waals surface area contributed by atoms with E-state index in [2.05, 4.69) is 77.2 Å². The van der Waals surface area contributed by atoms with Gasteiger partial charge in [-0.25, -0.2) is 0 Å². The first-order chi connectivity index (χ1) is 15.1. The van der Waals surface area contributed by atoms with Gasteiger partial charge in [-0.05, 0) is 68.2 Å². The highest BCUT2D eigenvalue weighted by Gasteiger charge is 2.44. The van der Waals surface area contributed by atoms with Gasteiger partial charge in [0.1, 0.15) is 0 Å². The summed E-state index contributed by atoms with van der Waals surface area (Å²) in [5.41, 5.74) is 6.36. The lowest BCUT2D eigenvalue weighted by atomic mass is 9.95. The van der Waals surface area contributed by atoms with Crippen LogP contribution in [0.5, 0.6) is 0 Å². The monoisotopic (exact) mass is 430 g/mol. The number of nitrogens with zero attached hydrogens (tertiary/aromatic N) is 3. The number of benzene rings is 1. The van der Waals surface area contributed by atoms with Gasteiger partial charge in [-0.3, -0.25) is 4.98 Å². The number of pyridine rings is 1. The van der Waals surface area contributed by atoms with Crippen molar-refractivity contribution in [2.75, 3.05) is 0 Å². The number of aromatic nitrogens is 2. The molecule has 1 aliphatic heterocycles. The van der Waals surface area contributed by atoms with Crippen LogP contribution < -0.4 is 5.32 Å². The van der Waals surface area contributed by atoms with E-state index in [0.29, 0.717) is 6.04 Å². The minimum Gasteiger partial charge on any atom is -0.352 e. The van der Waals surface area contributed by atoms with Crippen LogP contribution >= 0.6 is 12.2 Å². The van der Waals surface area contributed by atoms with E-state index in [4.69, 9.17) is 17.2 Å². The van der Waals surface area contributed by atoms with Gasteiger partial charge in [0.05, 0.1) is 17.8 Å². The van der Waals surface area contributed by atoms with Crippen molar-refractivity contribution >= 4 is 17.3 Å². The van der Waals surface area contributed by atoms with Crippen LogP contribution in [0.3, 0.4) is 0 Å². The number of rotatable bonds is 5. The summed E-state index contributed by atoms with van der Waals surface area (Å²) in [5.74, 6) is 0. The molecule has 5 rings (SSSR count). The second kappa shape index (κ2) is 8.46. The first kappa shape index (κ1) is 20.3. The molecule has 3 heterocycles. The Hall–Kier alpha value is -2.66. The fourth-order valence-electron chi connectivity index (χ4n) is 5.41. The molecule has 160 valence electrons. The van der Waals surface area contributed by atoms with E-state index in [1.807, 2.05) is 12.3 Å². The first-order valence-corrected chi connectivity index (χ1v) is 11.7. The largest absolute Gasteiger partial charge is 0.352 e. The topological polar surface area (TPSA) is 33.1 Å². The van der Waals surface area contributed by atoms with E-state index >= 15 is 0 Å². The van der Waals surface area contributed by atoms with Crippen LogP contribution in [0, 0.1) is 13.8 Å². The third-order valence-corrected chi connectivity index (χ3v) is 7.30. The van der Waals surface area contributed by atoms with Crippen LogP contribution in [0.2, 0.25) is 0 Å². The summed E-state index contributed by atoms with van der Waals surface area (Å²) in [7, 11) is 0. The molecule has 1 aliphatic carbocycles. The van der Waals surface area contributed by atoms with Gasteiger partial charge in [-0.2, -0.15) is 0 Å². The predicted octanol–water partition coefficient (Wildman–Crippen LogP) is 5.46. The van der Waals surface area contributed by atoms with Gasteiger partial charge in [-0.15, -0.1) is 0 Å². The molecule has 0 spiro atoms. The average Bonchev–Trinajstić information content (AvgIpc) is 3.50. The summed E-state index contributed by atoms with van der Waals surface area (Å²) in [6, 6.07) is 20.0. The number of nitrogens with one attached hydrogen (secondary N) is 1. The molecule has 2 fully saturated rings. The van der Waals surface area contributed by atoms with Crippen LogP contribution in [0.1, 0.15) is 66.0 Å². The molecule has 2 aromatic heterocycles. The third kappa shape index (κ3) is 3.76. The number of hydrogen-bond donors (Lipinski definition) is 1. The molecule has 5 heteroatoms. The van der Waals surface area contributed by atoms with Gasteiger partial charge in [0.2, 0.25) is 0 Å². The van der Waals surface area contributed by atoms with Gasteiger partial charge >= 0.3 is 0 Å². The summed E-state index contributed by atoms with van der Waals surface area (Å²) in [4.78, 5) is 7.20. The fraction of sp³-hybridized carbons (Fsp3) is 0.385. The maximum absolute atomic E-state index is 5.90. The van der Waals surface area contributed by atoms with Crippen LogP contribution in [0.4, 0.5) is 0 Å². The summed E-state index contributed by atoms with van der Waals surface area (Å²) in [5, 5.41) is 4.51. The summed E-state index contributed by atoms with van der Waals surface area (Å²) in [6.07, 6.45) is 6.90. The lowest BCUT2D eigenvalue weighted by molar-refractivity contribution is 0.245. The molecule has 1 saturated carbocycles. The molecule has 2 atom stereocenters. The van der Waals surface area contributed by atoms with E-state index < -0.39 is 0 Å². The molecular formula is C26H30N4S. The second-order valence-electron chi connectivity index (χ2n) is 8.87. The number of hydrogen-bond acceptors (Lipinski definition) is 2. The minimum absolute atomic E-state index is 0.0694. The van der Waals surface area contributed by atoms with E-state index in [1.165, 1.54) is 48.2 Å². The predicted molar refractivity (Wildman–Crippen MR) is 129 cm³/mol. The molecule has 1 N–H and O–H groups in total. The van der Waals surface area contributed by atoms with Crippen molar-refractivity contribution < 1.29 is 0 Å². The second-order valence-corrected chi connectivity index (χ2v) is 9.26. The first-order valence-electron chi connectivity index (χ1n) is 11.3. The zero-order chi connectivity index (χ0) is 21.4. The summed E-state index contributed by atoms with van der Waals surface area (Å²) in [6.45, 7) is 5.37. The fourth-order valence-corrected chi connectivity index (χ4v) is 5.80. The molecule has 4 nitrogen and oxygen atoms in total. The van der Waals surface area contributed by atoms with Crippen molar-refractivity contribution in [1.29, 1.82) is 0 Å². The normalized spacial score (nSPS) is 21.6. The highest BCUT2D eigenvalue weighted by molar-refractivity contribution is 7.80. The molecule has 31 heavy (non-hydrogen) atoms. The van der Waals surface area contributed by atoms with Gasteiger partial charge in [0, 0.05) is 30.2 Å². The minimum atomic E-state index is 0.0694. The van der Waals surface area contributed by atoms with Crippen molar-refractivity contribution in [3.8, 4) is 0 Å². The van der Waals surface area contributed by atoms with Crippen molar-refractivity contribution in [3.63, 3.8) is 0 Å². The van der Waals surface area contributed by atoms with Gasteiger partial charge in [0.25, 0.3) is 0 Å². The third-order valence-electron chi connectivity index (χ3n) is 6.97. The molecule has 2 aliphatic rings. The molecule has 3 aromatic rings. The van der Waals surface area contributed by atoms with E-state index in [0.717, 1.165) is 17.4 Å². The SMILES string of the molecule is Cc1cc([C@H]2[C@H](c3ccccn3)NC(=S)N2C2CCCC2)c(C)n1Cc1ccccc1. The Balaban J connectivity index is 1.57. The maximum atomic E-state index is 5.90. The van der Waals surface area contributed by atoms with Crippen LogP contribution in [-0.4, -0.2) is 25.6 Å². The number of aryl methyl sites for hydroxylation is 1. The smallest absolute Gasteiger partial charge is 0.170 e. The maximum Gasteiger partial charge on any atom is 0.170 e. The Bertz CT molecular complexity index is 1050. The Labute approximate surface area is 190 Å². The molecule has 1 aromatic carbocycles. The van der Waals surface area contributed by atoms with Crippen molar-refractivity contribution in [3.05, 3.63) is 89.0 Å². The molecule has 0 bridgehead atoms. The molecule has 1 saturated heterocycles. The zero-order valence-electron chi connectivity index (χ0n) is 18.3. The van der Waals surface area contributed by atoms with Crippen molar-refractivity contribution in [2.45, 2.75) is 64.2 Å². The van der Waals surface area contributed by atoms with E-state index in [9.17, 15) is 0 Å². The van der Waals surface area contributed by atoms with Crippen molar-refractivity contribution in [1.82, 2.24) is 19.8 Å². The standard InChI is InChI=1S/C26H30N4S/c1-18-16-22(19(2)29(18)17-20-10-4-3-5-11-20)25-24(23-14-8-9-15-27-23)28-26(31)30(25)21-12-6-7-13-21/h3-5,8-11,14-16,21,24-25H,6-7,12-13,17H2,1-2H3,(H,28,31)/t24-,25-/m0/s1. The lowest BCUT2D eigenvalue weighted by Gasteiger charge is -2.33. The lowest BCUT2D eigenvalue weighted by Crippen LogP contribution is -2.37. The van der Waals surface area contributed by atoms with Crippen molar-refractivity contribution in [2.24, 2.45) is 0 Å². The summed E-state index contributed by atoms with van der Waals surface area (Å²) >= 11 is 5.90. The molecule has 0 unspecified atom stereocenters. The Morgan fingerprint density at radius 1 is 1.03 bits per heavy atom. The van der Waals surface area contributed by atoms with Crippen LogP contribution in [0.25, 0.3) is 0 Å². The van der Waals surface area contributed by atoms with Gasteiger partial charge in [0.15, 0.2) is 5.11 Å². The van der Waals surface area contributed by atoms with Crippen LogP contribution in [-0.2, 0) is 6.54 Å². The zero-order valence-corrected chi connectivity index (χ0v) is 19.1. The Morgan fingerprint density at radius 3 is 2.48 bits per heavy atom.